The molecule has 0 radical (unpaired) electrons. The highest BCUT2D eigenvalue weighted by molar-refractivity contribution is 5.56. The summed E-state index contributed by atoms with van der Waals surface area (Å²) in [5.41, 5.74) is -0.435. The second-order valence-electron chi connectivity index (χ2n) is 3.51. The number of hydrogen-bond donors (Lipinski definition) is 1. The Morgan fingerprint density at radius 1 is 1.43 bits per heavy atom. The summed E-state index contributed by atoms with van der Waals surface area (Å²) in [6.07, 6.45) is -1.06. The lowest BCUT2D eigenvalue weighted by atomic mass is 10.1. The number of carboxylic acid groups (broad SMARTS) is 1. The summed E-state index contributed by atoms with van der Waals surface area (Å²) in [5, 5.41) is 8.34. The van der Waals surface area contributed by atoms with Gasteiger partial charge in [0, 0.05) is 6.42 Å². The zero-order valence-corrected chi connectivity index (χ0v) is 9.07. The summed E-state index contributed by atoms with van der Waals surface area (Å²) in [5.74, 6) is 0. The Labute approximate surface area is 83.9 Å². The highest BCUT2D eigenvalue weighted by atomic mass is 17.2. The van der Waals surface area contributed by atoms with Crippen LogP contribution < -0.4 is 0 Å². The van der Waals surface area contributed by atoms with Gasteiger partial charge in [-0.3, -0.25) is 0 Å². The predicted molar refractivity (Wildman–Crippen MR) is 49.7 cm³/mol. The van der Waals surface area contributed by atoms with Gasteiger partial charge in [0.25, 0.3) is 0 Å². The largest absolute Gasteiger partial charge is 0.508 e. The quantitative estimate of drug-likeness (QED) is 0.313. The van der Waals surface area contributed by atoms with E-state index in [1.54, 1.807) is 6.92 Å². The average molecular weight is 206 g/mol. The van der Waals surface area contributed by atoms with Gasteiger partial charge in [-0.1, -0.05) is 13.8 Å². The van der Waals surface area contributed by atoms with E-state index in [4.69, 9.17) is 14.9 Å². The number of carbonyl (C=O) groups is 1. The van der Waals surface area contributed by atoms with E-state index in [9.17, 15) is 4.79 Å². The highest BCUT2D eigenvalue weighted by Gasteiger charge is 2.21. The van der Waals surface area contributed by atoms with Crippen LogP contribution in [0, 0.1) is 0 Å². The van der Waals surface area contributed by atoms with Crippen molar-refractivity contribution in [2.24, 2.45) is 0 Å². The molecule has 0 rings (SSSR count). The van der Waals surface area contributed by atoms with Crippen LogP contribution in [0.15, 0.2) is 0 Å². The molecule has 0 heterocycles. The van der Waals surface area contributed by atoms with Crippen molar-refractivity contribution in [3.8, 4) is 0 Å². The van der Waals surface area contributed by atoms with E-state index in [-0.39, 0.29) is 0 Å². The van der Waals surface area contributed by atoms with Gasteiger partial charge in [0.15, 0.2) is 0 Å². The van der Waals surface area contributed by atoms with E-state index in [0.717, 1.165) is 6.42 Å². The molecule has 1 atom stereocenters. The zero-order chi connectivity index (χ0) is 11.2. The van der Waals surface area contributed by atoms with Crippen LogP contribution in [0.25, 0.3) is 0 Å². The topological polar surface area (TPSA) is 65.0 Å². The van der Waals surface area contributed by atoms with Crippen LogP contribution in [0.5, 0.6) is 0 Å². The van der Waals surface area contributed by atoms with Crippen LogP contribution in [0.2, 0.25) is 0 Å². The molecule has 0 aliphatic carbocycles. The smallest absolute Gasteiger partial charge is 0.450 e. The monoisotopic (exact) mass is 206 g/mol. The first-order valence-corrected chi connectivity index (χ1v) is 4.65. The molecule has 1 unspecified atom stereocenters. The van der Waals surface area contributed by atoms with Gasteiger partial charge in [-0.05, 0) is 20.3 Å². The molecule has 0 aliphatic rings. The molecule has 0 aromatic carbocycles. The summed E-state index contributed by atoms with van der Waals surface area (Å²) in [6.45, 7) is 7.39. The van der Waals surface area contributed by atoms with E-state index in [1.807, 2.05) is 20.8 Å². The maximum absolute atomic E-state index is 10.2. The van der Waals surface area contributed by atoms with Gasteiger partial charge in [-0.25, -0.2) is 9.68 Å². The van der Waals surface area contributed by atoms with Crippen molar-refractivity contribution in [1.29, 1.82) is 0 Å². The van der Waals surface area contributed by atoms with E-state index in [0.29, 0.717) is 6.42 Å². The molecule has 0 bridgehead atoms. The molecule has 14 heavy (non-hydrogen) atoms. The van der Waals surface area contributed by atoms with Crippen molar-refractivity contribution in [1.82, 2.24) is 0 Å². The molecule has 5 heteroatoms. The molecule has 0 aromatic heterocycles. The van der Waals surface area contributed by atoms with Crippen LogP contribution in [-0.4, -0.2) is 23.2 Å². The third kappa shape index (κ3) is 5.77. The molecule has 0 saturated carbocycles. The van der Waals surface area contributed by atoms with Crippen molar-refractivity contribution < 1.29 is 24.4 Å². The van der Waals surface area contributed by atoms with Gasteiger partial charge in [-0.2, -0.15) is 4.89 Å². The lowest BCUT2D eigenvalue weighted by Crippen LogP contribution is -2.28. The summed E-state index contributed by atoms with van der Waals surface area (Å²) in [6, 6.07) is 0. The van der Waals surface area contributed by atoms with Crippen LogP contribution in [0.1, 0.15) is 40.5 Å². The Balaban J connectivity index is 3.89. The van der Waals surface area contributed by atoms with Gasteiger partial charge < -0.3 is 9.84 Å². The summed E-state index contributed by atoms with van der Waals surface area (Å²) < 4.78 is 4.41. The van der Waals surface area contributed by atoms with E-state index >= 15 is 0 Å². The Hall–Kier alpha value is -0.810. The number of rotatable bonds is 6. The van der Waals surface area contributed by atoms with Crippen LogP contribution >= 0.6 is 0 Å². The summed E-state index contributed by atoms with van der Waals surface area (Å²) >= 11 is 0. The summed E-state index contributed by atoms with van der Waals surface area (Å²) in [7, 11) is 0. The molecule has 0 aromatic rings. The first kappa shape index (κ1) is 13.2. The van der Waals surface area contributed by atoms with Crippen molar-refractivity contribution in [3.05, 3.63) is 0 Å². The average Bonchev–Trinajstić information content (AvgIpc) is 2.12. The third-order valence-corrected chi connectivity index (χ3v) is 1.80. The second kappa shape index (κ2) is 5.82. The summed E-state index contributed by atoms with van der Waals surface area (Å²) in [4.78, 5) is 20.1. The van der Waals surface area contributed by atoms with Crippen LogP contribution in [0.4, 0.5) is 4.79 Å². The SMILES string of the molecule is CCC(OOC(C)(C)CC)OC(=O)O. The molecule has 5 nitrogen and oxygen atoms in total. The maximum atomic E-state index is 10.2. The second-order valence-corrected chi connectivity index (χ2v) is 3.51. The van der Waals surface area contributed by atoms with Crippen molar-refractivity contribution >= 4 is 6.16 Å². The van der Waals surface area contributed by atoms with Crippen molar-refractivity contribution in [3.63, 3.8) is 0 Å². The van der Waals surface area contributed by atoms with Gasteiger partial charge >= 0.3 is 6.16 Å². The van der Waals surface area contributed by atoms with Crippen LogP contribution in [0.3, 0.4) is 0 Å². The van der Waals surface area contributed by atoms with Crippen molar-refractivity contribution in [2.75, 3.05) is 0 Å². The fourth-order valence-electron chi connectivity index (χ4n) is 0.526. The molecule has 0 aliphatic heterocycles. The molecule has 0 amide bonds. The molecule has 1 N–H and O–H groups in total. The minimum absolute atomic E-state index is 0.409. The van der Waals surface area contributed by atoms with Gasteiger partial charge in [0.05, 0.1) is 5.60 Å². The zero-order valence-electron chi connectivity index (χ0n) is 9.07. The Bertz CT molecular complexity index is 178. The highest BCUT2D eigenvalue weighted by Crippen LogP contribution is 2.16. The normalized spacial score (nSPS) is 13.7. The van der Waals surface area contributed by atoms with Gasteiger partial charge in [0.2, 0.25) is 6.29 Å². The Morgan fingerprint density at radius 3 is 2.36 bits per heavy atom. The van der Waals surface area contributed by atoms with Gasteiger partial charge in [0.1, 0.15) is 0 Å². The Kier molecular flexibility index (Phi) is 5.49. The standard InChI is InChI=1S/C9H18O5/c1-5-7(12-8(10)11)13-14-9(3,4)6-2/h7H,5-6H2,1-4H3,(H,10,11). The van der Waals surface area contributed by atoms with E-state index in [2.05, 4.69) is 4.74 Å². The van der Waals surface area contributed by atoms with Gasteiger partial charge in [-0.15, -0.1) is 0 Å². The third-order valence-electron chi connectivity index (χ3n) is 1.80. The lowest BCUT2D eigenvalue weighted by molar-refractivity contribution is -0.412. The molecule has 84 valence electrons. The maximum Gasteiger partial charge on any atom is 0.508 e. The number of ether oxygens (including phenoxy) is 1. The Morgan fingerprint density at radius 2 is 2.00 bits per heavy atom. The first-order valence-electron chi connectivity index (χ1n) is 4.65. The first-order chi connectivity index (χ1) is 6.41. The molecular formula is C9H18O5. The fourth-order valence-corrected chi connectivity index (χ4v) is 0.526. The number of hydrogen-bond acceptors (Lipinski definition) is 4. The van der Waals surface area contributed by atoms with E-state index in [1.165, 1.54) is 0 Å². The molecular weight excluding hydrogens is 188 g/mol. The minimum Gasteiger partial charge on any atom is -0.450 e. The van der Waals surface area contributed by atoms with Crippen LogP contribution in [-0.2, 0) is 14.5 Å². The fraction of sp³-hybridized carbons (Fsp3) is 0.889. The molecule has 0 spiro atoms. The van der Waals surface area contributed by atoms with Crippen molar-refractivity contribution in [2.45, 2.75) is 52.4 Å². The lowest BCUT2D eigenvalue weighted by Gasteiger charge is -2.24. The predicted octanol–water partition coefficient (Wildman–Crippen LogP) is 2.55. The van der Waals surface area contributed by atoms with E-state index < -0.39 is 18.0 Å². The minimum atomic E-state index is -1.37. The molecule has 0 saturated heterocycles. The molecule has 0 fully saturated rings.